The van der Waals surface area contributed by atoms with Gasteiger partial charge in [0.15, 0.2) is 0 Å². The Hall–Kier alpha value is -1.89. The Morgan fingerprint density at radius 2 is 1.90 bits per heavy atom. The molecule has 1 heterocycles. The number of aliphatic hydroxyl groups is 1. The van der Waals surface area contributed by atoms with Crippen LogP contribution in [0.2, 0.25) is 0 Å². The van der Waals surface area contributed by atoms with Crippen molar-refractivity contribution in [3.63, 3.8) is 0 Å². The highest BCUT2D eigenvalue weighted by Crippen LogP contribution is 2.45. The molecule has 1 saturated carbocycles. The molecule has 0 aromatic rings. The van der Waals surface area contributed by atoms with Crippen molar-refractivity contribution in [2.24, 2.45) is 23.7 Å². The van der Waals surface area contributed by atoms with Gasteiger partial charge in [-0.05, 0) is 31.6 Å². The minimum absolute atomic E-state index is 0.00000230. The molecule has 2 aliphatic carbocycles. The third-order valence-electron chi connectivity index (χ3n) is 7.06. The Kier molecular flexibility index (Phi) is 7.92. The highest BCUT2D eigenvalue weighted by atomic mass is 16.3. The average molecular weight is 420 g/mol. The van der Waals surface area contributed by atoms with E-state index in [0.717, 1.165) is 38.5 Å². The standard InChI is InChI=1S/C23H37N3O4/c1-3-8-15-11-12-17-19(18(15)21(28)24-2)23(30)26(13-7-14-27)20(17)22(29)25-16-9-5-4-6-10-16/h11-12,15-20,27H,3-10,13-14H2,1-2H3,(H,24,28)(H,25,29)/t15-,17+,18-,19+,20+/m1/s1. The predicted molar refractivity (Wildman–Crippen MR) is 114 cm³/mol. The van der Waals surface area contributed by atoms with Gasteiger partial charge >= 0.3 is 0 Å². The van der Waals surface area contributed by atoms with Crippen molar-refractivity contribution < 1.29 is 19.5 Å². The number of nitrogens with one attached hydrogen (secondary N) is 2. The number of carbonyl (C=O) groups is 3. The van der Waals surface area contributed by atoms with Crippen LogP contribution in [0.4, 0.5) is 0 Å². The molecule has 3 rings (SSSR count). The van der Waals surface area contributed by atoms with Crippen LogP contribution in [-0.2, 0) is 14.4 Å². The molecule has 0 bridgehead atoms. The fourth-order valence-electron chi connectivity index (χ4n) is 5.65. The lowest BCUT2D eigenvalue weighted by molar-refractivity contribution is -0.141. The van der Waals surface area contributed by atoms with Crippen LogP contribution in [0.3, 0.4) is 0 Å². The number of amides is 3. The number of hydrogen-bond acceptors (Lipinski definition) is 4. The molecule has 0 radical (unpaired) electrons. The molecule has 1 aliphatic heterocycles. The van der Waals surface area contributed by atoms with Gasteiger partial charge in [-0.2, -0.15) is 0 Å². The Bertz CT molecular complexity index is 659. The number of fused-ring (bicyclic) bond motifs is 1. The smallest absolute Gasteiger partial charge is 0.243 e. The van der Waals surface area contributed by atoms with Gasteiger partial charge in [-0.1, -0.05) is 44.8 Å². The summed E-state index contributed by atoms with van der Waals surface area (Å²) in [4.78, 5) is 41.2. The third-order valence-corrected chi connectivity index (χ3v) is 7.06. The van der Waals surface area contributed by atoms with Gasteiger partial charge < -0.3 is 20.6 Å². The average Bonchev–Trinajstić information content (AvgIpc) is 3.04. The van der Waals surface area contributed by atoms with Crippen molar-refractivity contribution in [3.05, 3.63) is 12.2 Å². The summed E-state index contributed by atoms with van der Waals surface area (Å²) in [5.74, 6) is -1.66. The minimum Gasteiger partial charge on any atom is -0.396 e. The summed E-state index contributed by atoms with van der Waals surface area (Å²) in [6.07, 6.45) is 11.6. The molecule has 0 spiro atoms. The van der Waals surface area contributed by atoms with Crippen LogP contribution >= 0.6 is 0 Å². The largest absolute Gasteiger partial charge is 0.396 e. The second-order valence-electron chi connectivity index (χ2n) is 8.98. The van der Waals surface area contributed by atoms with Crippen LogP contribution in [0.1, 0.15) is 58.3 Å². The van der Waals surface area contributed by atoms with Crippen molar-refractivity contribution in [1.82, 2.24) is 15.5 Å². The molecule has 5 atom stereocenters. The summed E-state index contributed by atoms with van der Waals surface area (Å²) in [5.41, 5.74) is 0. The molecule has 7 heteroatoms. The first-order chi connectivity index (χ1) is 14.5. The van der Waals surface area contributed by atoms with E-state index in [9.17, 15) is 19.5 Å². The van der Waals surface area contributed by atoms with Crippen molar-refractivity contribution in [1.29, 1.82) is 0 Å². The first-order valence-corrected chi connectivity index (χ1v) is 11.6. The predicted octanol–water partition coefficient (Wildman–Crippen LogP) is 1.61. The molecule has 1 saturated heterocycles. The molecule has 3 amide bonds. The van der Waals surface area contributed by atoms with Crippen LogP contribution in [0.15, 0.2) is 12.2 Å². The zero-order valence-electron chi connectivity index (χ0n) is 18.3. The van der Waals surface area contributed by atoms with E-state index in [0.29, 0.717) is 13.0 Å². The fourth-order valence-corrected chi connectivity index (χ4v) is 5.65. The van der Waals surface area contributed by atoms with E-state index in [1.54, 1.807) is 11.9 Å². The van der Waals surface area contributed by atoms with Crippen LogP contribution in [-0.4, -0.2) is 60.0 Å². The molecule has 168 valence electrons. The number of aliphatic hydroxyl groups excluding tert-OH is 1. The lowest BCUT2D eigenvalue weighted by Gasteiger charge is -2.34. The molecule has 0 unspecified atom stereocenters. The molecular formula is C23H37N3O4. The molecule has 3 N–H and O–H groups in total. The quantitative estimate of drug-likeness (QED) is 0.521. The normalized spacial score (nSPS) is 31.5. The lowest BCUT2D eigenvalue weighted by atomic mass is 9.68. The SMILES string of the molecule is CCC[C@@H]1C=C[C@H]2[C@H](C(=O)N(CCCO)[C@@H]2C(=O)NC2CCCCC2)[C@@H]1C(=O)NC. The highest BCUT2D eigenvalue weighted by molar-refractivity contribution is 5.96. The topological polar surface area (TPSA) is 98.7 Å². The second-order valence-corrected chi connectivity index (χ2v) is 8.98. The fraction of sp³-hybridized carbons (Fsp3) is 0.783. The van der Waals surface area contributed by atoms with E-state index in [2.05, 4.69) is 17.6 Å². The summed E-state index contributed by atoms with van der Waals surface area (Å²) in [7, 11) is 1.61. The maximum atomic E-state index is 13.5. The van der Waals surface area contributed by atoms with Crippen molar-refractivity contribution in [2.75, 3.05) is 20.2 Å². The first kappa shape index (κ1) is 22.8. The lowest BCUT2D eigenvalue weighted by Crippen LogP contribution is -2.50. The molecule has 0 aromatic carbocycles. The zero-order valence-corrected chi connectivity index (χ0v) is 18.3. The maximum absolute atomic E-state index is 13.5. The number of rotatable bonds is 8. The summed E-state index contributed by atoms with van der Waals surface area (Å²) in [5, 5.41) is 15.3. The van der Waals surface area contributed by atoms with E-state index < -0.39 is 17.9 Å². The maximum Gasteiger partial charge on any atom is 0.243 e. The number of nitrogens with zero attached hydrogens (tertiary/aromatic N) is 1. The van der Waals surface area contributed by atoms with Gasteiger partial charge in [0.2, 0.25) is 17.7 Å². The van der Waals surface area contributed by atoms with E-state index in [1.165, 1.54) is 6.42 Å². The van der Waals surface area contributed by atoms with Gasteiger partial charge in [0.25, 0.3) is 0 Å². The molecular weight excluding hydrogens is 382 g/mol. The van der Waals surface area contributed by atoms with Crippen LogP contribution in [0.5, 0.6) is 0 Å². The van der Waals surface area contributed by atoms with Crippen LogP contribution in [0, 0.1) is 23.7 Å². The first-order valence-electron chi connectivity index (χ1n) is 11.6. The van der Waals surface area contributed by atoms with Gasteiger partial charge in [0.1, 0.15) is 6.04 Å². The Balaban J connectivity index is 1.89. The Labute approximate surface area is 179 Å². The van der Waals surface area contributed by atoms with E-state index in [4.69, 9.17) is 0 Å². The van der Waals surface area contributed by atoms with Gasteiger partial charge in [-0.25, -0.2) is 0 Å². The second kappa shape index (κ2) is 10.4. The van der Waals surface area contributed by atoms with Gasteiger partial charge in [-0.15, -0.1) is 0 Å². The Morgan fingerprint density at radius 1 is 1.17 bits per heavy atom. The van der Waals surface area contributed by atoms with Crippen molar-refractivity contribution in [2.45, 2.75) is 70.4 Å². The number of allylic oxidation sites excluding steroid dienone is 1. The molecule has 0 aromatic heterocycles. The summed E-state index contributed by atoms with van der Waals surface area (Å²) < 4.78 is 0. The van der Waals surface area contributed by atoms with Crippen LogP contribution < -0.4 is 10.6 Å². The zero-order chi connectivity index (χ0) is 21.7. The van der Waals surface area contributed by atoms with E-state index in [-0.39, 0.29) is 42.2 Å². The third kappa shape index (κ3) is 4.56. The van der Waals surface area contributed by atoms with Gasteiger partial charge in [0, 0.05) is 32.2 Å². The van der Waals surface area contributed by atoms with Gasteiger partial charge in [0.05, 0.1) is 11.8 Å². The molecule has 7 nitrogen and oxygen atoms in total. The van der Waals surface area contributed by atoms with E-state index in [1.807, 2.05) is 12.2 Å². The molecule has 3 aliphatic rings. The van der Waals surface area contributed by atoms with Crippen LogP contribution in [0.25, 0.3) is 0 Å². The summed E-state index contributed by atoms with van der Waals surface area (Å²) in [6.45, 7) is 2.37. The van der Waals surface area contributed by atoms with Crippen molar-refractivity contribution >= 4 is 17.7 Å². The number of hydrogen-bond donors (Lipinski definition) is 3. The van der Waals surface area contributed by atoms with E-state index >= 15 is 0 Å². The monoisotopic (exact) mass is 419 g/mol. The molecule has 30 heavy (non-hydrogen) atoms. The minimum atomic E-state index is -0.609. The summed E-state index contributed by atoms with van der Waals surface area (Å²) >= 11 is 0. The number of carbonyl (C=O) groups excluding carboxylic acids is 3. The van der Waals surface area contributed by atoms with Gasteiger partial charge in [-0.3, -0.25) is 14.4 Å². The number of likely N-dealkylation sites (tertiary alicyclic amines) is 1. The Morgan fingerprint density at radius 3 is 2.53 bits per heavy atom. The summed E-state index contributed by atoms with van der Waals surface area (Å²) in [6, 6.07) is -0.447. The highest BCUT2D eigenvalue weighted by Gasteiger charge is 2.56. The molecule has 2 fully saturated rings. The van der Waals surface area contributed by atoms with Crippen molar-refractivity contribution in [3.8, 4) is 0 Å².